The number of anilines is 1. The van der Waals surface area contributed by atoms with Crippen LogP contribution in [-0.4, -0.2) is 24.0 Å². The van der Waals surface area contributed by atoms with Gasteiger partial charge in [0.05, 0.1) is 5.52 Å². The molecule has 4 nitrogen and oxygen atoms in total. The third-order valence-electron chi connectivity index (χ3n) is 2.93. The van der Waals surface area contributed by atoms with Gasteiger partial charge in [-0.05, 0) is 31.5 Å². The van der Waals surface area contributed by atoms with E-state index in [1.165, 1.54) is 0 Å². The number of benzene rings is 1. The molecule has 0 bridgehead atoms. The third-order valence-corrected chi connectivity index (χ3v) is 2.93. The van der Waals surface area contributed by atoms with Crippen LogP contribution in [0.5, 0.6) is 0 Å². The van der Waals surface area contributed by atoms with Gasteiger partial charge in [0, 0.05) is 24.9 Å². The van der Waals surface area contributed by atoms with Crippen LogP contribution in [0.1, 0.15) is 18.9 Å². The average molecular weight is 257 g/mol. The normalized spacial score (nSPS) is 10.4. The van der Waals surface area contributed by atoms with Crippen LogP contribution in [0.15, 0.2) is 30.3 Å². The molecule has 2 aromatic rings. The van der Waals surface area contributed by atoms with Gasteiger partial charge in [0.25, 0.3) is 0 Å². The number of carbonyl (C=O) groups excluding carboxylic acids is 1. The number of fused-ring (bicyclic) bond motifs is 1. The maximum Gasteiger partial charge on any atom is 0.221 e. The van der Waals surface area contributed by atoms with Gasteiger partial charge in [-0.15, -0.1) is 0 Å². The number of nitrogens with zero attached hydrogens (tertiary/aromatic N) is 1. The van der Waals surface area contributed by atoms with Crippen LogP contribution in [0.4, 0.5) is 5.82 Å². The SMILES string of the molecule is CCNC(=O)CCNc1nc2ccccc2cc1C. The Balaban J connectivity index is 2.04. The molecule has 0 saturated carbocycles. The molecule has 1 amide bonds. The maximum absolute atomic E-state index is 11.4. The molecular weight excluding hydrogens is 238 g/mol. The Bertz CT molecular complexity index is 581. The molecular formula is C15H19N3O. The van der Waals surface area contributed by atoms with E-state index in [-0.39, 0.29) is 5.91 Å². The topological polar surface area (TPSA) is 54.0 Å². The highest BCUT2D eigenvalue weighted by molar-refractivity contribution is 5.81. The van der Waals surface area contributed by atoms with Crippen molar-refractivity contribution in [2.45, 2.75) is 20.3 Å². The largest absolute Gasteiger partial charge is 0.369 e. The molecule has 0 spiro atoms. The van der Waals surface area contributed by atoms with Crippen LogP contribution in [0, 0.1) is 6.92 Å². The molecule has 1 aromatic heterocycles. The van der Waals surface area contributed by atoms with Gasteiger partial charge in [0.1, 0.15) is 5.82 Å². The zero-order valence-electron chi connectivity index (χ0n) is 11.4. The van der Waals surface area contributed by atoms with E-state index in [0.717, 1.165) is 22.3 Å². The van der Waals surface area contributed by atoms with Crippen molar-refractivity contribution < 1.29 is 4.79 Å². The molecule has 0 fully saturated rings. The molecule has 0 aliphatic carbocycles. The lowest BCUT2D eigenvalue weighted by atomic mass is 10.1. The lowest BCUT2D eigenvalue weighted by Crippen LogP contribution is -2.24. The third kappa shape index (κ3) is 3.44. The molecule has 1 heterocycles. The summed E-state index contributed by atoms with van der Waals surface area (Å²) in [6.07, 6.45) is 0.460. The summed E-state index contributed by atoms with van der Waals surface area (Å²) in [6, 6.07) is 10.1. The Labute approximate surface area is 113 Å². The fourth-order valence-corrected chi connectivity index (χ4v) is 1.98. The molecule has 1 aromatic carbocycles. The Morgan fingerprint density at radius 3 is 2.89 bits per heavy atom. The first-order chi connectivity index (χ1) is 9.20. The molecule has 2 N–H and O–H groups in total. The van der Waals surface area contributed by atoms with Crippen LogP contribution in [-0.2, 0) is 4.79 Å². The predicted octanol–water partition coefficient (Wildman–Crippen LogP) is 2.48. The minimum Gasteiger partial charge on any atom is -0.369 e. The number of nitrogens with one attached hydrogen (secondary N) is 2. The smallest absolute Gasteiger partial charge is 0.221 e. The van der Waals surface area contributed by atoms with E-state index in [0.29, 0.717) is 19.5 Å². The second-order valence-corrected chi connectivity index (χ2v) is 4.48. The van der Waals surface area contributed by atoms with Crippen molar-refractivity contribution in [2.24, 2.45) is 0 Å². The first kappa shape index (κ1) is 13.3. The second-order valence-electron chi connectivity index (χ2n) is 4.48. The number of pyridine rings is 1. The summed E-state index contributed by atoms with van der Waals surface area (Å²) in [6.45, 7) is 5.21. The van der Waals surface area contributed by atoms with E-state index in [1.807, 2.05) is 38.1 Å². The highest BCUT2D eigenvalue weighted by atomic mass is 16.1. The number of para-hydroxylation sites is 1. The van der Waals surface area contributed by atoms with Gasteiger partial charge in [0.2, 0.25) is 5.91 Å². The summed E-state index contributed by atoms with van der Waals surface area (Å²) in [5, 5.41) is 7.13. The number of aryl methyl sites for hydroxylation is 1. The van der Waals surface area contributed by atoms with E-state index in [4.69, 9.17) is 0 Å². The maximum atomic E-state index is 11.4. The zero-order valence-corrected chi connectivity index (χ0v) is 11.4. The summed E-state index contributed by atoms with van der Waals surface area (Å²) in [4.78, 5) is 15.9. The molecule has 0 aliphatic rings. The number of hydrogen-bond acceptors (Lipinski definition) is 3. The fraction of sp³-hybridized carbons (Fsp3) is 0.333. The molecule has 100 valence electrons. The number of amides is 1. The molecule has 0 unspecified atom stereocenters. The molecule has 4 heteroatoms. The lowest BCUT2D eigenvalue weighted by Gasteiger charge is -2.10. The van der Waals surface area contributed by atoms with Crippen molar-refractivity contribution in [3.8, 4) is 0 Å². The van der Waals surface area contributed by atoms with Gasteiger partial charge >= 0.3 is 0 Å². The molecule has 19 heavy (non-hydrogen) atoms. The first-order valence-corrected chi connectivity index (χ1v) is 6.57. The van der Waals surface area contributed by atoms with Crippen LogP contribution in [0.3, 0.4) is 0 Å². The monoisotopic (exact) mass is 257 g/mol. The molecule has 0 radical (unpaired) electrons. The van der Waals surface area contributed by atoms with Gasteiger partial charge in [-0.25, -0.2) is 4.98 Å². The molecule has 0 atom stereocenters. The van der Waals surface area contributed by atoms with Gasteiger partial charge in [-0.3, -0.25) is 4.79 Å². The van der Waals surface area contributed by atoms with E-state index in [1.54, 1.807) is 0 Å². The van der Waals surface area contributed by atoms with Gasteiger partial charge in [-0.2, -0.15) is 0 Å². The number of carbonyl (C=O) groups is 1. The van der Waals surface area contributed by atoms with Crippen LogP contribution >= 0.6 is 0 Å². The minimum atomic E-state index is 0.0634. The van der Waals surface area contributed by atoms with Crippen molar-refractivity contribution in [1.82, 2.24) is 10.3 Å². The molecule has 0 saturated heterocycles. The highest BCUT2D eigenvalue weighted by Gasteiger charge is 2.04. The minimum absolute atomic E-state index is 0.0634. The van der Waals surface area contributed by atoms with E-state index < -0.39 is 0 Å². The van der Waals surface area contributed by atoms with Crippen molar-refractivity contribution in [3.05, 3.63) is 35.9 Å². The first-order valence-electron chi connectivity index (χ1n) is 6.57. The Hall–Kier alpha value is -2.10. The van der Waals surface area contributed by atoms with Crippen LogP contribution in [0.25, 0.3) is 10.9 Å². The highest BCUT2D eigenvalue weighted by Crippen LogP contribution is 2.19. The zero-order chi connectivity index (χ0) is 13.7. The number of rotatable bonds is 5. The number of hydrogen-bond donors (Lipinski definition) is 2. The van der Waals surface area contributed by atoms with E-state index in [9.17, 15) is 4.79 Å². The Morgan fingerprint density at radius 2 is 2.11 bits per heavy atom. The summed E-state index contributed by atoms with van der Waals surface area (Å²) in [5.41, 5.74) is 2.06. The van der Waals surface area contributed by atoms with Crippen molar-refractivity contribution >= 4 is 22.6 Å². The van der Waals surface area contributed by atoms with Crippen molar-refractivity contribution in [1.29, 1.82) is 0 Å². The van der Waals surface area contributed by atoms with Gasteiger partial charge in [0.15, 0.2) is 0 Å². The molecule has 2 rings (SSSR count). The van der Waals surface area contributed by atoms with Crippen molar-refractivity contribution in [3.63, 3.8) is 0 Å². The van der Waals surface area contributed by atoms with Crippen LogP contribution in [0.2, 0.25) is 0 Å². The molecule has 0 aliphatic heterocycles. The average Bonchev–Trinajstić information content (AvgIpc) is 2.39. The van der Waals surface area contributed by atoms with Gasteiger partial charge in [-0.1, -0.05) is 18.2 Å². The second kappa shape index (κ2) is 6.18. The van der Waals surface area contributed by atoms with Gasteiger partial charge < -0.3 is 10.6 Å². The standard InChI is InChI=1S/C15H19N3O/c1-3-16-14(19)8-9-17-15-11(2)10-12-6-4-5-7-13(12)18-15/h4-7,10H,3,8-9H2,1-2H3,(H,16,19)(H,17,18). The Morgan fingerprint density at radius 1 is 1.32 bits per heavy atom. The van der Waals surface area contributed by atoms with Crippen molar-refractivity contribution in [2.75, 3.05) is 18.4 Å². The summed E-state index contributed by atoms with van der Waals surface area (Å²) in [5.74, 6) is 0.913. The number of aromatic nitrogens is 1. The van der Waals surface area contributed by atoms with E-state index in [2.05, 4.69) is 21.7 Å². The summed E-state index contributed by atoms with van der Waals surface area (Å²) < 4.78 is 0. The van der Waals surface area contributed by atoms with Crippen LogP contribution < -0.4 is 10.6 Å². The van der Waals surface area contributed by atoms with E-state index >= 15 is 0 Å². The fourth-order valence-electron chi connectivity index (χ4n) is 1.98. The lowest BCUT2D eigenvalue weighted by molar-refractivity contribution is -0.120. The quantitative estimate of drug-likeness (QED) is 0.865. The summed E-state index contributed by atoms with van der Waals surface area (Å²) in [7, 11) is 0. The summed E-state index contributed by atoms with van der Waals surface area (Å²) >= 11 is 0. The predicted molar refractivity (Wildman–Crippen MR) is 78.3 cm³/mol. The Kier molecular flexibility index (Phi) is 4.34.